The van der Waals surface area contributed by atoms with Gasteiger partial charge in [0.15, 0.2) is 0 Å². The van der Waals surface area contributed by atoms with Crippen molar-refractivity contribution in [1.82, 2.24) is 5.32 Å². The van der Waals surface area contributed by atoms with Crippen molar-refractivity contribution in [2.24, 2.45) is 11.8 Å². The Labute approximate surface area is 104 Å². The molecule has 1 saturated carbocycles. The van der Waals surface area contributed by atoms with E-state index in [0.717, 1.165) is 36.3 Å². The van der Waals surface area contributed by atoms with Crippen molar-refractivity contribution in [3.63, 3.8) is 0 Å². The minimum Gasteiger partial charge on any atom is -0.388 e. The summed E-state index contributed by atoms with van der Waals surface area (Å²) in [5.74, 6) is 3.69. The first-order valence-corrected chi connectivity index (χ1v) is 7.78. The molecule has 0 bridgehead atoms. The molecule has 2 aliphatic rings. The summed E-state index contributed by atoms with van der Waals surface area (Å²) in [5.41, 5.74) is -0.423. The lowest BCUT2D eigenvalue weighted by Gasteiger charge is -2.35. The fraction of sp³-hybridized carbons (Fsp3) is 1.00. The van der Waals surface area contributed by atoms with Crippen LogP contribution in [0.25, 0.3) is 0 Å². The fourth-order valence-electron chi connectivity index (χ4n) is 3.03. The van der Waals surface area contributed by atoms with Gasteiger partial charge in [-0.15, -0.1) is 0 Å². The lowest BCUT2D eigenvalue weighted by Crippen LogP contribution is -2.48. The van der Waals surface area contributed by atoms with Gasteiger partial charge in [-0.25, -0.2) is 0 Å². The Balaban J connectivity index is 1.77. The van der Waals surface area contributed by atoms with E-state index in [2.05, 4.69) is 19.2 Å². The number of nitrogens with one attached hydrogen (secondary N) is 1. The first-order valence-electron chi connectivity index (χ1n) is 6.62. The Morgan fingerprint density at radius 2 is 2.19 bits per heavy atom. The average Bonchev–Trinajstić information content (AvgIpc) is 2.64. The van der Waals surface area contributed by atoms with E-state index in [1.54, 1.807) is 0 Å². The van der Waals surface area contributed by atoms with Crippen LogP contribution in [0.1, 0.15) is 39.5 Å². The molecule has 0 aromatic heterocycles. The van der Waals surface area contributed by atoms with Crippen molar-refractivity contribution < 1.29 is 5.11 Å². The molecule has 4 atom stereocenters. The number of aliphatic hydroxyl groups is 1. The largest absolute Gasteiger partial charge is 0.388 e. The molecule has 2 N–H and O–H groups in total. The van der Waals surface area contributed by atoms with Gasteiger partial charge in [0.05, 0.1) is 5.60 Å². The third-order valence-electron chi connectivity index (χ3n) is 4.21. The average molecular weight is 243 g/mol. The Hall–Kier alpha value is 0.270. The molecule has 1 aliphatic heterocycles. The maximum Gasteiger partial charge on any atom is 0.0869 e. The first kappa shape index (κ1) is 12.7. The normalized spacial score (nSPS) is 44.8. The summed E-state index contributed by atoms with van der Waals surface area (Å²) in [7, 11) is 0. The standard InChI is InChI=1S/C13H25NOS/c1-10-3-4-12(11(2)7-10)14-8-13(15)5-6-16-9-13/h10-12,14-15H,3-9H2,1-2H3/t10-,11+,12+,13+/m1/s1. The molecule has 0 radical (unpaired) electrons. The van der Waals surface area contributed by atoms with Gasteiger partial charge in [0, 0.05) is 18.3 Å². The minimum atomic E-state index is -0.423. The molecule has 2 rings (SSSR count). The molecule has 94 valence electrons. The van der Waals surface area contributed by atoms with Gasteiger partial charge in [0.25, 0.3) is 0 Å². The molecule has 0 aromatic rings. The summed E-state index contributed by atoms with van der Waals surface area (Å²) in [6.45, 7) is 5.50. The van der Waals surface area contributed by atoms with E-state index in [1.807, 2.05) is 11.8 Å². The molecule has 0 amide bonds. The monoisotopic (exact) mass is 243 g/mol. The first-order chi connectivity index (χ1) is 7.59. The molecular formula is C13H25NOS. The van der Waals surface area contributed by atoms with Crippen LogP contribution in [0.5, 0.6) is 0 Å². The summed E-state index contributed by atoms with van der Waals surface area (Å²) in [6, 6.07) is 0.630. The Morgan fingerprint density at radius 3 is 2.81 bits per heavy atom. The predicted octanol–water partition coefficient (Wildman–Crippen LogP) is 2.27. The summed E-state index contributed by atoms with van der Waals surface area (Å²) in [4.78, 5) is 0. The van der Waals surface area contributed by atoms with Crippen molar-refractivity contribution in [2.45, 2.75) is 51.2 Å². The topological polar surface area (TPSA) is 32.3 Å². The molecular weight excluding hydrogens is 218 g/mol. The lowest BCUT2D eigenvalue weighted by atomic mass is 9.79. The predicted molar refractivity (Wildman–Crippen MR) is 70.9 cm³/mol. The number of thioether (sulfide) groups is 1. The van der Waals surface area contributed by atoms with Crippen LogP contribution < -0.4 is 5.32 Å². The second kappa shape index (κ2) is 5.28. The second-order valence-electron chi connectivity index (χ2n) is 5.91. The molecule has 2 nitrogen and oxygen atoms in total. The Morgan fingerprint density at radius 1 is 1.38 bits per heavy atom. The van der Waals surface area contributed by atoms with Crippen LogP contribution in [-0.2, 0) is 0 Å². The highest BCUT2D eigenvalue weighted by Crippen LogP contribution is 2.30. The Bertz CT molecular complexity index is 228. The van der Waals surface area contributed by atoms with Crippen LogP contribution >= 0.6 is 11.8 Å². The van der Waals surface area contributed by atoms with E-state index < -0.39 is 5.60 Å². The molecule has 1 saturated heterocycles. The van der Waals surface area contributed by atoms with Gasteiger partial charge >= 0.3 is 0 Å². The van der Waals surface area contributed by atoms with Crippen LogP contribution in [0.3, 0.4) is 0 Å². The van der Waals surface area contributed by atoms with Gasteiger partial charge in [-0.2, -0.15) is 11.8 Å². The molecule has 1 aliphatic carbocycles. The summed E-state index contributed by atoms with van der Waals surface area (Å²) in [5, 5.41) is 13.9. The van der Waals surface area contributed by atoms with Crippen LogP contribution in [0.15, 0.2) is 0 Å². The van der Waals surface area contributed by atoms with Crippen molar-refractivity contribution >= 4 is 11.8 Å². The zero-order chi connectivity index (χ0) is 11.6. The minimum absolute atomic E-state index is 0.423. The third-order valence-corrected chi connectivity index (χ3v) is 5.44. The van der Waals surface area contributed by atoms with Gasteiger partial charge in [0.2, 0.25) is 0 Å². The summed E-state index contributed by atoms with van der Waals surface area (Å²) < 4.78 is 0. The summed E-state index contributed by atoms with van der Waals surface area (Å²) in [6.07, 6.45) is 4.92. The molecule has 1 heterocycles. The molecule has 2 fully saturated rings. The van der Waals surface area contributed by atoms with Gasteiger partial charge in [-0.1, -0.05) is 13.8 Å². The maximum atomic E-state index is 10.3. The van der Waals surface area contributed by atoms with Crippen molar-refractivity contribution in [3.05, 3.63) is 0 Å². The lowest BCUT2D eigenvalue weighted by molar-refractivity contribution is 0.0585. The number of hydrogen-bond donors (Lipinski definition) is 2. The van der Waals surface area contributed by atoms with E-state index in [1.165, 1.54) is 19.3 Å². The van der Waals surface area contributed by atoms with E-state index in [-0.39, 0.29) is 0 Å². The zero-order valence-corrected chi connectivity index (χ0v) is 11.4. The highest BCUT2D eigenvalue weighted by Gasteiger charge is 2.33. The smallest absolute Gasteiger partial charge is 0.0869 e. The quantitative estimate of drug-likeness (QED) is 0.797. The van der Waals surface area contributed by atoms with Crippen molar-refractivity contribution in [1.29, 1.82) is 0 Å². The second-order valence-corrected chi connectivity index (χ2v) is 7.02. The molecule has 16 heavy (non-hydrogen) atoms. The van der Waals surface area contributed by atoms with Gasteiger partial charge in [0.1, 0.15) is 0 Å². The Kier molecular flexibility index (Phi) is 4.20. The van der Waals surface area contributed by atoms with Gasteiger partial charge < -0.3 is 10.4 Å². The van der Waals surface area contributed by atoms with Crippen molar-refractivity contribution in [3.8, 4) is 0 Å². The highest BCUT2D eigenvalue weighted by molar-refractivity contribution is 7.99. The molecule has 0 aromatic carbocycles. The fourth-order valence-corrected chi connectivity index (χ4v) is 4.32. The van der Waals surface area contributed by atoms with Crippen LogP contribution in [0, 0.1) is 11.8 Å². The van der Waals surface area contributed by atoms with Crippen LogP contribution in [0.4, 0.5) is 0 Å². The van der Waals surface area contributed by atoms with Crippen LogP contribution in [0.2, 0.25) is 0 Å². The molecule has 0 spiro atoms. The SMILES string of the molecule is C[C@@H]1CC[C@H](NC[C@@]2(O)CCSC2)[C@@H](C)C1. The van der Waals surface area contributed by atoms with E-state index in [4.69, 9.17) is 0 Å². The summed E-state index contributed by atoms with van der Waals surface area (Å²) >= 11 is 1.88. The number of hydrogen-bond acceptors (Lipinski definition) is 3. The molecule has 3 heteroatoms. The molecule has 0 unspecified atom stereocenters. The van der Waals surface area contributed by atoms with Crippen LogP contribution in [-0.4, -0.2) is 34.8 Å². The van der Waals surface area contributed by atoms with Crippen molar-refractivity contribution in [2.75, 3.05) is 18.1 Å². The van der Waals surface area contributed by atoms with Gasteiger partial charge in [-0.05, 0) is 43.3 Å². The van der Waals surface area contributed by atoms with E-state index >= 15 is 0 Å². The van der Waals surface area contributed by atoms with Gasteiger partial charge in [-0.3, -0.25) is 0 Å². The zero-order valence-electron chi connectivity index (χ0n) is 10.5. The third kappa shape index (κ3) is 3.14. The van der Waals surface area contributed by atoms with E-state index in [0.29, 0.717) is 6.04 Å². The van der Waals surface area contributed by atoms with E-state index in [9.17, 15) is 5.11 Å². The number of rotatable bonds is 3. The maximum absolute atomic E-state index is 10.3. The highest BCUT2D eigenvalue weighted by atomic mass is 32.2.